The molecule has 6 rings (SSSR count). The molecule has 2 aliphatic rings. The lowest BCUT2D eigenvalue weighted by atomic mass is 9.95. The Balaban J connectivity index is 1.23. The maximum atomic E-state index is 6.42. The van der Waals surface area contributed by atoms with Crippen molar-refractivity contribution in [1.29, 1.82) is 0 Å². The number of nitrogens with zero attached hydrogens (tertiary/aromatic N) is 4. The maximum Gasteiger partial charge on any atom is 0.163 e. The minimum absolute atomic E-state index is 0.00135. The second-order valence-corrected chi connectivity index (χ2v) is 9.75. The summed E-state index contributed by atoms with van der Waals surface area (Å²) in [5.41, 5.74) is 8.31. The second-order valence-electron chi connectivity index (χ2n) is 9.75. The predicted octanol–water partition coefficient (Wildman–Crippen LogP) is 4.67. The molecule has 2 fully saturated rings. The smallest absolute Gasteiger partial charge is 0.163 e. The molecule has 4 aromatic rings. The molecule has 1 saturated heterocycles. The van der Waals surface area contributed by atoms with Crippen LogP contribution in [0.1, 0.15) is 44.7 Å². The summed E-state index contributed by atoms with van der Waals surface area (Å²) in [7, 11) is 0. The summed E-state index contributed by atoms with van der Waals surface area (Å²) < 4.78 is 15.0. The van der Waals surface area contributed by atoms with Crippen LogP contribution < -0.4 is 5.73 Å². The third-order valence-corrected chi connectivity index (χ3v) is 7.24. The molecule has 3 aromatic heterocycles. The third kappa shape index (κ3) is 3.56. The first-order valence-electron chi connectivity index (χ1n) is 11.7. The molecule has 0 amide bonds. The summed E-state index contributed by atoms with van der Waals surface area (Å²) in [5, 5.41) is 3.39. The highest BCUT2D eigenvalue weighted by molar-refractivity contribution is 5.86. The molecule has 7 nitrogen and oxygen atoms in total. The number of fused-ring (bicyclic) bond motifs is 3. The number of nitrogens with two attached hydrogens (primary N) is 1. The Kier molecular flexibility index (Phi) is 4.85. The number of hydrogen-bond donors (Lipinski definition) is 1. The zero-order valence-corrected chi connectivity index (χ0v) is 19.0. The molecule has 170 valence electrons. The molecule has 0 radical (unpaired) electrons. The van der Waals surface area contributed by atoms with Crippen LogP contribution in [-0.4, -0.2) is 37.5 Å². The molecule has 4 atom stereocenters. The number of aryl methyl sites for hydroxylation is 1. The van der Waals surface area contributed by atoms with Gasteiger partial charge in [0.1, 0.15) is 23.9 Å². The molecule has 33 heavy (non-hydrogen) atoms. The van der Waals surface area contributed by atoms with Crippen LogP contribution in [0.2, 0.25) is 0 Å². The van der Waals surface area contributed by atoms with Gasteiger partial charge in [0.15, 0.2) is 5.79 Å². The van der Waals surface area contributed by atoms with E-state index in [9.17, 15) is 0 Å². The van der Waals surface area contributed by atoms with E-state index in [1.807, 2.05) is 32.3 Å². The molecular weight excluding hydrogens is 414 g/mol. The summed E-state index contributed by atoms with van der Waals surface area (Å²) in [5.74, 6) is 0.356. The Morgan fingerprint density at radius 2 is 1.97 bits per heavy atom. The number of nitrogen functional groups attached to an aromatic ring is 1. The largest absolute Gasteiger partial charge is 0.383 e. The molecule has 0 spiro atoms. The SMILES string of the molecule is CC1(C)O[C@@H]2[C@@H](CCCc3cccc4ccncc34)C[C@@H](n3ccc4c(N)ncnc43)[C@@H]2O1. The highest BCUT2D eigenvalue weighted by Gasteiger charge is 2.54. The van der Waals surface area contributed by atoms with Gasteiger partial charge in [0.25, 0.3) is 0 Å². The van der Waals surface area contributed by atoms with Gasteiger partial charge in [-0.3, -0.25) is 4.98 Å². The molecule has 1 aromatic carbocycles. The van der Waals surface area contributed by atoms with E-state index in [1.165, 1.54) is 22.7 Å². The molecule has 1 aliphatic heterocycles. The first kappa shape index (κ1) is 20.6. The predicted molar refractivity (Wildman–Crippen MR) is 128 cm³/mol. The van der Waals surface area contributed by atoms with Crippen molar-refractivity contribution in [2.45, 2.75) is 63.6 Å². The van der Waals surface area contributed by atoms with Gasteiger partial charge in [-0.05, 0) is 68.5 Å². The average molecular weight is 444 g/mol. The molecule has 0 bridgehead atoms. The number of ether oxygens (including phenoxy) is 2. The Bertz CT molecular complexity index is 1310. The summed E-state index contributed by atoms with van der Waals surface area (Å²) in [6, 6.07) is 10.8. The van der Waals surface area contributed by atoms with Crippen molar-refractivity contribution in [1.82, 2.24) is 19.5 Å². The minimum Gasteiger partial charge on any atom is -0.383 e. The molecule has 4 heterocycles. The van der Waals surface area contributed by atoms with Gasteiger partial charge < -0.3 is 19.8 Å². The van der Waals surface area contributed by atoms with Gasteiger partial charge in [-0.15, -0.1) is 0 Å². The van der Waals surface area contributed by atoms with Crippen molar-refractivity contribution in [3.05, 3.63) is 60.8 Å². The van der Waals surface area contributed by atoms with Crippen LogP contribution in [0, 0.1) is 5.92 Å². The van der Waals surface area contributed by atoms with Gasteiger partial charge in [0, 0.05) is 24.0 Å². The Labute approximate surface area is 192 Å². The Hall–Kier alpha value is -3.03. The number of benzene rings is 1. The lowest BCUT2D eigenvalue weighted by Crippen LogP contribution is -2.27. The highest BCUT2D eigenvalue weighted by atomic mass is 16.8. The zero-order valence-electron chi connectivity index (χ0n) is 19.0. The van der Waals surface area contributed by atoms with Gasteiger partial charge in [-0.2, -0.15) is 0 Å². The van der Waals surface area contributed by atoms with Crippen LogP contribution >= 0.6 is 0 Å². The van der Waals surface area contributed by atoms with Crippen LogP contribution in [0.3, 0.4) is 0 Å². The summed E-state index contributed by atoms with van der Waals surface area (Å²) >= 11 is 0. The van der Waals surface area contributed by atoms with Crippen LogP contribution in [-0.2, 0) is 15.9 Å². The van der Waals surface area contributed by atoms with Gasteiger partial charge in [-0.1, -0.05) is 18.2 Å². The van der Waals surface area contributed by atoms with Crippen molar-refractivity contribution in [3.8, 4) is 0 Å². The van der Waals surface area contributed by atoms with Gasteiger partial charge in [-0.25, -0.2) is 9.97 Å². The highest BCUT2D eigenvalue weighted by Crippen LogP contribution is 2.49. The van der Waals surface area contributed by atoms with Crippen molar-refractivity contribution >= 4 is 27.6 Å². The monoisotopic (exact) mass is 443 g/mol. The lowest BCUT2D eigenvalue weighted by Gasteiger charge is -2.24. The van der Waals surface area contributed by atoms with E-state index in [4.69, 9.17) is 15.2 Å². The van der Waals surface area contributed by atoms with E-state index in [-0.39, 0.29) is 18.2 Å². The summed E-state index contributed by atoms with van der Waals surface area (Å²) in [6.07, 6.45) is 11.7. The molecule has 2 N–H and O–H groups in total. The number of aromatic nitrogens is 4. The fourth-order valence-corrected chi connectivity index (χ4v) is 5.82. The normalized spacial score (nSPS) is 26.2. The van der Waals surface area contributed by atoms with Crippen LogP contribution in [0.25, 0.3) is 21.8 Å². The molecule has 7 heteroatoms. The Morgan fingerprint density at radius 3 is 2.88 bits per heavy atom. The van der Waals surface area contributed by atoms with Gasteiger partial charge >= 0.3 is 0 Å². The van der Waals surface area contributed by atoms with Crippen LogP contribution in [0.4, 0.5) is 5.82 Å². The quantitative estimate of drug-likeness (QED) is 0.482. The van der Waals surface area contributed by atoms with Gasteiger partial charge in [0.05, 0.1) is 17.5 Å². The molecular formula is C26H29N5O2. The van der Waals surface area contributed by atoms with E-state index < -0.39 is 5.79 Å². The van der Waals surface area contributed by atoms with Crippen molar-refractivity contribution in [2.24, 2.45) is 5.92 Å². The average Bonchev–Trinajstić information content (AvgIpc) is 3.46. The zero-order chi connectivity index (χ0) is 22.6. The van der Waals surface area contributed by atoms with Crippen LogP contribution in [0.5, 0.6) is 0 Å². The maximum absolute atomic E-state index is 6.42. The molecule has 1 aliphatic carbocycles. The van der Waals surface area contributed by atoms with Crippen LogP contribution in [0.15, 0.2) is 55.2 Å². The van der Waals surface area contributed by atoms with E-state index in [0.29, 0.717) is 11.7 Å². The number of hydrogen-bond acceptors (Lipinski definition) is 6. The van der Waals surface area contributed by atoms with Crippen molar-refractivity contribution < 1.29 is 9.47 Å². The third-order valence-electron chi connectivity index (χ3n) is 7.24. The number of rotatable bonds is 5. The standard InChI is InChI=1S/C26H29N5O2/c1-26(2)32-22-18(8-4-6-16-5-3-7-17-9-11-28-14-20(16)17)13-21(23(22)33-26)31-12-10-19-24(27)29-15-30-25(19)31/h3,5,7,9-12,14-15,18,21-23H,4,6,8,13H2,1-2H3,(H2,27,29,30)/t18-,21+,22+,23-/m0/s1. The van der Waals surface area contributed by atoms with Crippen molar-refractivity contribution in [2.75, 3.05) is 5.73 Å². The summed E-state index contributed by atoms with van der Waals surface area (Å²) in [6.45, 7) is 4.02. The Morgan fingerprint density at radius 1 is 1.09 bits per heavy atom. The van der Waals surface area contributed by atoms with E-state index >= 15 is 0 Å². The summed E-state index contributed by atoms with van der Waals surface area (Å²) in [4.78, 5) is 13.0. The molecule has 0 unspecified atom stereocenters. The minimum atomic E-state index is -0.579. The second kappa shape index (κ2) is 7.78. The topological polar surface area (TPSA) is 88.1 Å². The number of pyridine rings is 1. The van der Waals surface area contributed by atoms with Gasteiger partial charge in [0.2, 0.25) is 0 Å². The lowest BCUT2D eigenvalue weighted by molar-refractivity contribution is -0.160. The fraction of sp³-hybridized carbons (Fsp3) is 0.423. The van der Waals surface area contributed by atoms with E-state index in [0.717, 1.165) is 36.7 Å². The number of anilines is 1. The van der Waals surface area contributed by atoms with E-state index in [1.54, 1.807) is 0 Å². The first-order chi connectivity index (χ1) is 16.0. The van der Waals surface area contributed by atoms with E-state index in [2.05, 4.69) is 50.0 Å². The molecule has 1 saturated carbocycles. The fourth-order valence-electron chi connectivity index (χ4n) is 5.82. The van der Waals surface area contributed by atoms with Crippen molar-refractivity contribution in [3.63, 3.8) is 0 Å². The first-order valence-corrected chi connectivity index (χ1v) is 11.7.